The first-order chi connectivity index (χ1) is 10.8. The van der Waals surface area contributed by atoms with E-state index in [1.807, 2.05) is 0 Å². The minimum absolute atomic E-state index is 0.129. The molecule has 0 aliphatic heterocycles. The summed E-state index contributed by atoms with van der Waals surface area (Å²) in [7, 11) is 0. The Kier molecular flexibility index (Phi) is 5.27. The van der Waals surface area contributed by atoms with Crippen molar-refractivity contribution < 1.29 is 27.8 Å². The van der Waals surface area contributed by atoms with Gasteiger partial charge in [-0.25, -0.2) is 0 Å². The molecule has 2 rings (SSSR count). The summed E-state index contributed by atoms with van der Waals surface area (Å²) >= 11 is 0.822. The zero-order valence-corrected chi connectivity index (χ0v) is 12.9. The standard InChI is InChI=1S/C15H14F3NO3S/c1-9-6-10(2-3-13(9)22-5-4-20)19-14(21)11-7-23-8-12(11)15(16,17)18/h2-3,6-8,20H,4-5H2,1H3,(H,19,21). The Bertz CT molecular complexity index is 698. The van der Waals surface area contributed by atoms with Crippen LogP contribution in [0.4, 0.5) is 18.9 Å². The maximum absolute atomic E-state index is 12.8. The average Bonchev–Trinajstić information content (AvgIpc) is 2.96. The highest BCUT2D eigenvalue weighted by Crippen LogP contribution is 2.34. The van der Waals surface area contributed by atoms with Crippen molar-refractivity contribution in [2.45, 2.75) is 13.1 Å². The number of aliphatic hydroxyl groups is 1. The summed E-state index contributed by atoms with van der Waals surface area (Å²) in [5, 5.41) is 13.2. The van der Waals surface area contributed by atoms with E-state index >= 15 is 0 Å². The van der Waals surface area contributed by atoms with Crippen LogP contribution in [-0.2, 0) is 6.18 Å². The van der Waals surface area contributed by atoms with E-state index in [0.717, 1.165) is 16.7 Å². The molecule has 0 bridgehead atoms. The summed E-state index contributed by atoms with van der Waals surface area (Å²) in [4.78, 5) is 12.0. The fraction of sp³-hybridized carbons (Fsp3) is 0.267. The van der Waals surface area contributed by atoms with E-state index in [1.54, 1.807) is 19.1 Å². The molecular weight excluding hydrogens is 331 g/mol. The Hall–Kier alpha value is -2.06. The van der Waals surface area contributed by atoms with Gasteiger partial charge in [0.1, 0.15) is 12.4 Å². The molecule has 2 N–H and O–H groups in total. The van der Waals surface area contributed by atoms with Gasteiger partial charge in [-0.05, 0) is 30.7 Å². The van der Waals surface area contributed by atoms with Gasteiger partial charge in [0.2, 0.25) is 0 Å². The summed E-state index contributed by atoms with van der Waals surface area (Å²) in [6.07, 6.45) is -4.56. The largest absolute Gasteiger partial charge is 0.491 e. The molecule has 1 heterocycles. The lowest BCUT2D eigenvalue weighted by molar-refractivity contribution is -0.137. The number of rotatable bonds is 5. The summed E-state index contributed by atoms with van der Waals surface area (Å²) in [6, 6.07) is 4.69. The molecule has 0 atom stereocenters. The van der Waals surface area contributed by atoms with Crippen molar-refractivity contribution in [2.75, 3.05) is 18.5 Å². The summed E-state index contributed by atoms with van der Waals surface area (Å²) < 4.78 is 43.7. The minimum Gasteiger partial charge on any atom is -0.491 e. The molecule has 1 aromatic carbocycles. The zero-order valence-electron chi connectivity index (χ0n) is 12.1. The summed E-state index contributed by atoms with van der Waals surface area (Å²) in [5.41, 5.74) is -0.291. The van der Waals surface area contributed by atoms with E-state index in [4.69, 9.17) is 9.84 Å². The van der Waals surface area contributed by atoms with Crippen molar-refractivity contribution in [1.82, 2.24) is 0 Å². The first-order valence-corrected chi connectivity index (χ1v) is 7.56. The molecule has 8 heteroatoms. The molecule has 0 spiro atoms. The molecule has 0 aliphatic rings. The van der Waals surface area contributed by atoms with Crippen molar-refractivity contribution in [2.24, 2.45) is 0 Å². The van der Waals surface area contributed by atoms with Crippen LogP contribution in [0.15, 0.2) is 29.0 Å². The van der Waals surface area contributed by atoms with Crippen LogP contribution in [0.1, 0.15) is 21.5 Å². The number of thiophene rings is 1. The summed E-state index contributed by atoms with van der Waals surface area (Å²) in [6.45, 7) is 1.74. The molecule has 0 saturated heterocycles. The van der Waals surface area contributed by atoms with E-state index in [9.17, 15) is 18.0 Å². The van der Waals surface area contributed by atoms with Crippen LogP contribution in [0.5, 0.6) is 5.75 Å². The third-order valence-electron chi connectivity index (χ3n) is 2.99. The molecule has 0 aliphatic carbocycles. The smallest absolute Gasteiger partial charge is 0.417 e. The normalized spacial score (nSPS) is 11.3. The topological polar surface area (TPSA) is 58.6 Å². The average molecular weight is 345 g/mol. The Morgan fingerprint density at radius 3 is 2.70 bits per heavy atom. The Morgan fingerprint density at radius 2 is 2.09 bits per heavy atom. The number of alkyl halides is 3. The number of benzene rings is 1. The van der Waals surface area contributed by atoms with Crippen LogP contribution in [0.3, 0.4) is 0 Å². The molecular formula is C15H14F3NO3S. The van der Waals surface area contributed by atoms with Gasteiger partial charge in [0.25, 0.3) is 5.91 Å². The predicted octanol–water partition coefficient (Wildman–Crippen LogP) is 3.70. The van der Waals surface area contributed by atoms with Crippen LogP contribution >= 0.6 is 11.3 Å². The van der Waals surface area contributed by atoms with Gasteiger partial charge in [-0.1, -0.05) is 0 Å². The quantitative estimate of drug-likeness (QED) is 0.869. The number of amides is 1. The highest BCUT2D eigenvalue weighted by Gasteiger charge is 2.36. The van der Waals surface area contributed by atoms with Gasteiger partial charge in [-0.15, -0.1) is 0 Å². The van der Waals surface area contributed by atoms with Crippen LogP contribution in [0.25, 0.3) is 0 Å². The number of halogens is 3. The highest BCUT2D eigenvalue weighted by molar-refractivity contribution is 7.08. The lowest BCUT2D eigenvalue weighted by Crippen LogP contribution is -2.17. The van der Waals surface area contributed by atoms with Crippen molar-refractivity contribution in [3.05, 3.63) is 45.6 Å². The van der Waals surface area contributed by atoms with Crippen LogP contribution in [0.2, 0.25) is 0 Å². The number of hydrogen-bond donors (Lipinski definition) is 2. The maximum Gasteiger partial charge on any atom is 0.417 e. The molecule has 23 heavy (non-hydrogen) atoms. The van der Waals surface area contributed by atoms with Gasteiger partial charge >= 0.3 is 6.18 Å². The first-order valence-electron chi connectivity index (χ1n) is 6.62. The third-order valence-corrected chi connectivity index (χ3v) is 3.74. The summed E-state index contributed by atoms with van der Waals surface area (Å²) in [5.74, 6) is -0.287. The zero-order chi connectivity index (χ0) is 17.0. The molecule has 0 unspecified atom stereocenters. The van der Waals surface area contributed by atoms with E-state index in [1.165, 1.54) is 11.4 Å². The molecule has 0 fully saturated rings. The number of nitrogens with one attached hydrogen (secondary N) is 1. The van der Waals surface area contributed by atoms with E-state index in [2.05, 4.69) is 5.32 Å². The first kappa shape index (κ1) is 17.3. The van der Waals surface area contributed by atoms with Crippen molar-refractivity contribution in [1.29, 1.82) is 0 Å². The number of carbonyl (C=O) groups is 1. The number of carbonyl (C=O) groups excluding carboxylic acids is 1. The minimum atomic E-state index is -4.56. The Balaban J connectivity index is 2.15. The Labute approximate surface area is 134 Å². The molecule has 0 saturated carbocycles. The lowest BCUT2D eigenvalue weighted by Gasteiger charge is -2.11. The van der Waals surface area contributed by atoms with Gasteiger partial charge in [0, 0.05) is 16.4 Å². The SMILES string of the molecule is Cc1cc(NC(=O)c2cscc2C(F)(F)F)ccc1OCCO. The van der Waals surface area contributed by atoms with Crippen molar-refractivity contribution in [3.8, 4) is 5.75 Å². The second-order valence-corrected chi connectivity index (χ2v) is 5.45. The maximum atomic E-state index is 12.8. The molecule has 1 amide bonds. The molecule has 124 valence electrons. The predicted molar refractivity (Wildman–Crippen MR) is 81.0 cm³/mol. The van der Waals surface area contributed by atoms with Gasteiger partial charge < -0.3 is 15.2 Å². The number of hydrogen-bond acceptors (Lipinski definition) is 4. The van der Waals surface area contributed by atoms with Gasteiger partial charge in [0.15, 0.2) is 0 Å². The van der Waals surface area contributed by atoms with Crippen molar-refractivity contribution >= 4 is 22.9 Å². The van der Waals surface area contributed by atoms with Crippen LogP contribution < -0.4 is 10.1 Å². The third kappa shape index (κ3) is 4.23. The lowest BCUT2D eigenvalue weighted by atomic mass is 10.1. The molecule has 1 aromatic heterocycles. The molecule has 4 nitrogen and oxygen atoms in total. The number of aryl methyl sites for hydroxylation is 1. The van der Waals surface area contributed by atoms with Crippen LogP contribution in [-0.4, -0.2) is 24.2 Å². The number of ether oxygens (including phenoxy) is 1. The Morgan fingerprint density at radius 1 is 1.35 bits per heavy atom. The van der Waals surface area contributed by atoms with Gasteiger partial charge in [-0.3, -0.25) is 4.79 Å². The van der Waals surface area contributed by atoms with Crippen LogP contribution in [0, 0.1) is 6.92 Å². The van der Waals surface area contributed by atoms with Gasteiger partial charge in [-0.2, -0.15) is 24.5 Å². The molecule has 0 radical (unpaired) electrons. The highest BCUT2D eigenvalue weighted by atomic mass is 32.1. The number of anilines is 1. The second kappa shape index (κ2) is 7.01. The fourth-order valence-electron chi connectivity index (χ4n) is 1.94. The van der Waals surface area contributed by atoms with Gasteiger partial charge in [0.05, 0.1) is 17.7 Å². The van der Waals surface area contributed by atoms with E-state index < -0.39 is 23.2 Å². The fourth-order valence-corrected chi connectivity index (χ4v) is 2.77. The molecule has 2 aromatic rings. The van der Waals surface area contributed by atoms with Crippen molar-refractivity contribution in [3.63, 3.8) is 0 Å². The second-order valence-electron chi connectivity index (χ2n) is 4.70. The monoisotopic (exact) mass is 345 g/mol. The van der Waals surface area contributed by atoms with E-state index in [-0.39, 0.29) is 13.2 Å². The number of aliphatic hydroxyl groups excluding tert-OH is 1. The van der Waals surface area contributed by atoms with E-state index in [0.29, 0.717) is 17.0 Å².